The van der Waals surface area contributed by atoms with Gasteiger partial charge in [-0.25, -0.2) is 0 Å². The first-order valence-electron chi connectivity index (χ1n) is 8.47. The Morgan fingerprint density at radius 1 is 1.33 bits per heavy atom. The number of fused-ring (bicyclic) bond motifs is 1. The number of halogens is 1. The molecule has 4 rings (SSSR count). The van der Waals surface area contributed by atoms with Crippen LogP contribution in [-0.4, -0.2) is 22.9 Å². The van der Waals surface area contributed by atoms with Gasteiger partial charge in [0.05, 0.1) is 30.6 Å². The molecule has 3 aromatic rings. The van der Waals surface area contributed by atoms with Crippen LogP contribution in [0.5, 0.6) is 5.75 Å². The lowest BCUT2D eigenvalue weighted by molar-refractivity contribution is 0.0729. The number of thiophene rings is 1. The SMILES string of the molecule is COc1cc(Cl)c(C)cc1NC1c2ncccc2C(=O)N1Cc1cccs1. The molecule has 0 saturated carbocycles. The standard InChI is InChI=1S/C20H18ClN3O2S/c1-12-9-16(17(26-2)10-15(12)21)23-19-18-14(6-3-7-22-18)20(25)24(19)11-13-5-4-8-27-13/h3-10,19,23H,11H2,1-2H3. The number of benzene rings is 1. The van der Waals surface area contributed by atoms with Crippen LogP contribution in [0.15, 0.2) is 48.0 Å². The van der Waals surface area contributed by atoms with Gasteiger partial charge in [0.15, 0.2) is 0 Å². The third kappa shape index (κ3) is 3.26. The van der Waals surface area contributed by atoms with Crippen molar-refractivity contribution in [2.75, 3.05) is 12.4 Å². The first-order valence-corrected chi connectivity index (χ1v) is 9.73. The van der Waals surface area contributed by atoms with E-state index in [-0.39, 0.29) is 12.1 Å². The molecule has 0 saturated heterocycles. The molecule has 138 valence electrons. The third-order valence-electron chi connectivity index (χ3n) is 4.58. The summed E-state index contributed by atoms with van der Waals surface area (Å²) >= 11 is 7.85. The minimum atomic E-state index is -0.384. The number of nitrogens with one attached hydrogen (secondary N) is 1. The molecule has 0 spiro atoms. The van der Waals surface area contributed by atoms with Gasteiger partial charge in [-0.15, -0.1) is 11.3 Å². The van der Waals surface area contributed by atoms with E-state index in [9.17, 15) is 4.79 Å². The van der Waals surface area contributed by atoms with Crippen molar-refractivity contribution in [1.82, 2.24) is 9.88 Å². The summed E-state index contributed by atoms with van der Waals surface area (Å²) < 4.78 is 5.48. The molecule has 0 aliphatic carbocycles. The fourth-order valence-electron chi connectivity index (χ4n) is 3.21. The predicted molar refractivity (Wildman–Crippen MR) is 108 cm³/mol. The van der Waals surface area contributed by atoms with E-state index in [1.54, 1.807) is 41.7 Å². The van der Waals surface area contributed by atoms with Gasteiger partial charge in [-0.1, -0.05) is 17.7 Å². The quantitative estimate of drug-likeness (QED) is 0.664. The molecule has 1 atom stereocenters. The maximum absolute atomic E-state index is 13.0. The number of amides is 1. The monoisotopic (exact) mass is 399 g/mol. The van der Waals surface area contributed by atoms with Gasteiger partial charge in [-0.3, -0.25) is 9.78 Å². The van der Waals surface area contributed by atoms with Crippen LogP contribution in [0, 0.1) is 6.92 Å². The zero-order valence-corrected chi connectivity index (χ0v) is 16.5. The summed E-state index contributed by atoms with van der Waals surface area (Å²) in [6.45, 7) is 2.45. The summed E-state index contributed by atoms with van der Waals surface area (Å²) in [7, 11) is 1.60. The summed E-state index contributed by atoms with van der Waals surface area (Å²) in [6, 6.07) is 11.3. The molecule has 1 aliphatic heterocycles. The summed E-state index contributed by atoms with van der Waals surface area (Å²) in [6.07, 6.45) is 1.32. The molecular weight excluding hydrogens is 382 g/mol. The molecule has 27 heavy (non-hydrogen) atoms. The number of carbonyl (C=O) groups excluding carboxylic acids is 1. The Morgan fingerprint density at radius 3 is 2.93 bits per heavy atom. The number of carbonyl (C=O) groups is 1. The molecule has 7 heteroatoms. The Kier molecular flexibility index (Phi) is 4.76. The molecule has 0 radical (unpaired) electrons. The summed E-state index contributed by atoms with van der Waals surface area (Å²) in [4.78, 5) is 20.4. The number of anilines is 1. The van der Waals surface area contributed by atoms with Gasteiger partial charge in [0.25, 0.3) is 5.91 Å². The number of nitrogens with zero attached hydrogens (tertiary/aromatic N) is 2. The van der Waals surface area contributed by atoms with Crippen LogP contribution in [0.2, 0.25) is 5.02 Å². The number of pyridine rings is 1. The van der Waals surface area contributed by atoms with E-state index in [0.717, 1.165) is 16.1 Å². The Balaban J connectivity index is 1.74. The molecule has 5 nitrogen and oxygen atoms in total. The number of aryl methyl sites for hydroxylation is 1. The summed E-state index contributed by atoms with van der Waals surface area (Å²) in [5, 5.41) is 6.08. The van der Waals surface area contributed by atoms with Crippen molar-refractivity contribution < 1.29 is 9.53 Å². The molecular formula is C20H18ClN3O2S. The van der Waals surface area contributed by atoms with E-state index in [2.05, 4.69) is 10.3 Å². The van der Waals surface area contributed by atoms with Gasteiger partial charge < -0.3 is 15.0 Å². The number of hydrogen-bond acceptors (Lipinski definition) is 5. The van der Waals surface area contributed by atoms with Crippen molar-refractivity contribution in [1.29, 1.82) is 0 Å². The number of methoxy groups -OCH3 is 1. The van der Waals surface area contributed by atoms with Crippen molar-refractivity contribution in [2.24, 2.45) is 0 Å². The molecule has 1 amide bonds. The van der Waals surface area contributed by atoms with E-state index in [4.69, 9.17) is 16.3 Å². The second-order valence-corrected chi connectivity index (χ2v) is 7.74. The Bertz CT molecular complexity index is 991. The molecule has 2 aromatic heterocycles. The zero-order chi connectivity index (χ0) is 19.0. The van der Waals surface area contributed by atoms with E-state index in [1.165, 1.54) is 0 Å². The highest BCUT2D eigenvalue weighted by Crippen LogP contribution is 2.38. The highest BCUT2D eigenvalue weighted by molar-refractivity contribution is 7.09. The fraction of sp³-hybridized carbons (Fsp3) is 0.200. The van der Waals surface area contributed by atoms with Gasteiger partial charge in [-0.2, -0.15) is 0 Å². The average Bonchev–Trinajstić information content (AvgIpc) is 3.27. The molecule has 1 unspecified atom stereocenters. The van der Waals surface area contributed by atoms with Gasteiger partial charge in [0.2, 0.25) is 0 Å². The van der Waals surface area contributed by atoms with Gasteiger partial charge >= 0.3 is 0 Å². The van der Waals surface area contributed by atoms with Crippen LogP contribution >= 0.6 is 22.9 Å². The van der Waals surface area contributed by atoms with Crippen molar-refractivity contribution >= 4 is 34.5 Å². The maximum Gasteiger partial charge on any atom is 0.258 e. The van der Waals surface area contributed by atoms with Crippen LogP contribution in [0.3, 0.4) is 0 Å². The Morgan fingerprint density at radius 2 is 2.19 bits per heavy atom. The van der Waals surface area contributed by atoms with E-state index < -0.39 is 0 Å². The molecule has 1 N–H and O–H groups in total. The Hall–Kier alpha value is -2.57. The number of aromatic nitrogens is 1. The van der Waals surface area contributed by atoms with E-state index in [1.807, 2.05) is 36.6 Å². The second-order valence-electron chi connectivity index (χ2n) is 6.30. The fourth-order valence-corrected chi connectivity index (χ4v) is 4.06. The van der Waals surface area contributed by atoms with Crippen LogP contribution in [0.1, 0.15) is 32.7 Å². The maximum atomic E-state index is 13.0. The molecule has 1 aliphatic rings. The van der Waals surface area contributed by atoms with Crippen molar-refractivity contribution in [3.8, 4) is 5.75 Å². The predicted octanol–water partition coefficient (Wildman–Crippen LogP) is 4.88. The minimum Gasteiger partial charge on any atom is -0.495 e. The van der Waals surface area contributed by atoms with Crippen LogP contribution < -0.4 is 10.1 Å². The summed E-state index contributed by atoms with van der Waals surface area (Å²) in [5.74, 6) is 0.590. The first kappa shape index (κ1) is 17.8. The largest absolute Gasteiger partial charge is 0.495 e. The molecule has 1 aromatic carbocycles. The second kappa shape index (κ2) is 7.21. The molecule has 0 bridgehead atoms. The van der Waals surface area contributed by atoms with Gasteiger partial charge in [0, 0.05) is 22.2 Å². The number of ether oxygens (including phenoxy) is 1. The average molecular weight is 400 g/mol. The lowest BCUT2D eigenvalue weighted by atomic mass is 10.1. The Labute approximate surface area is 166 Å². The summed E-state index contributed by atoms with van der Waals surface area (Å²) in [5.41, 5.74) is 3.03. The third-order valence-corrected chi connectivity index (χ3v) is 5.85. The van der Waals surface area contributed by atoms with Gasteiger partial charge in [-0.05, 0) is 42.1 Å². The smallest absolute Gasteiger partial charge is 0.258 e. The van der Waals surface area contributed by atoms with Crippen molar-refractivity contribution in [2.45, 2.75) is 19.6 Å². The number of hydrogen-bond donors (Lipinski definition) is 1. The zero-order valence-electron chi connectivity index (χ0n) is 14.9. The van der Waals surface area contributed by atoms with Crippen molar-refractivity contribution in [3.05, 3.63) is 74.7 Å². The lowest BCUT2D eigenvalue weighted by Gasteiger charge is -2.27. The van der Waals surface area contributed by atoms with Gasteiger partial charge in [0.1, 0.15) is 11.9 Å². The van der Waals surface area contributed by atoms with Crippen LogP contribution in [-0.2, 0) is 6.54 Å². The normalized spacial score (nSPS) is 15.7. The van der Waals surface area contributed by atoms with E-state index in [0.29, 0.717) is 28.6 Å². The lowest BCUT2D eigenvalue weighted by Crippen LogP contribution is -2.32. The topological polar surface area (TPSA) is 54.5 Å². The van der Waals surface area contributed by atoms with E-state index >= 15 is 0 Å². The van der Waals surface area contributed by atoms with Crippen LogP contribution in [0.25, 0.3) is 0 Å². The first-order chi connectivity index (χ1) is 13.1. The van der Waals surface area contributed by atoms with Crippen LogP contribution in [0.4, 0.5) is 5.69 Å². The molecule has 0 fully saturated rings. The highest BCUT2D eigenvalue weighted by Gasteiger charge is 2.38. The van der Waals surface area contributed by atoms with Crippen molar-refractivity contribution in [3.63, 3.8) is 0 Å². The molecule has 3 heterocycles. The number of rotatable bonds is 5. The highest BCUT2D eigenvalue weighted by atomic mass is 35.5. The minimum absolute atomic E-state index is 0.0337.